The van der Waals surface area contributed by atoms with Gasteiger partial charge in [0, 0.05) is 52.4 Å². The van der Waals surface area contributed by atoms with Gasteiger partial charge in [-0.3, -0.25) is 9.97 Å². The predicted octanol–water partition coefficient (Wildman–Crippen LogP) is 5.93. The van der Waals surface area contributed by atoms with Crippen LogP contribution in [-0.4, -0.2) is 24.5 Å². The van der Waals surface area contributed by atoms with Crippen LogP contribution in [0.1, 0.15) is 0 Å². The fourth-order valence-corrected chi connectivity index (χ4v) is 4.44. The molecule has 5 heterocycles. The topological polar surface area (TPSA) is 69.6 Å². The zero-order valence-electron chi connectivity index (χ0n) is 16.8. The zero-order chi connectivity index (χ0) is 21.1. The van der Waals surface area contributed by atoms with E-state index < -0.39 is 0 Å². The number of rotatable bonds is 2. The van der Waals surface area contributed by atoms with Crippen LogP contribution in [0.5, 0.6) is 0 Å². The maximum absolute atomic E-state index is 6.14. The number of benzene rings is 2. The number of hydrogen-bond acceptors (Lipinski definition) is 5. The highest BCUT2D eigenvalue weighted by Gasteiger charge is 2.15. The van der Waals surface area contributed by atoms with Crippen molar-refractivity contribution in [1.29, 1.82) is 0 Å². The van der Waals surface area contributed by atoms with Gasteiger partial charge in [0.1, 0.15) is 17.4 Å². The summed E-state index contributed by atoms with van der Waals surface area (Å²) in [5, 5.41) is 2.11. The van der Waals surface area contributed by atoms with Crippen molar-refractivity contribution in [2.75, 3.05) is 0 Å². The first-order valence-corrected chi connectivity index (χ1v) is 10.3. The van der Waals surface area contributed by atoms with Gasteiger partial charge >= 0.3 is 0 Å². The molecule has 0 aliphatic rings. The predicted molar refractivity (Wildman–Crippen MR) is 125 cm³/mol. The van der Waals surface area contributed by atoms with Gasteiger partial charge in [-0.15, -0.1) is 0 Å². The Balaban J connectivity index is 1.48. The third kappa shape index (κ3) is 2.40. The zero-order valence-corrected chi connectivity index (χ0v) is 16.8. The Morgan fingerprint density at radius 2 is 1.53 bits per heavy atom. The molecular formula is C26H15N5O. The summed E-state index contributed by atoms with van der Waals surface area (Å²) >= 11 is 0. The Morgan fingerprint density at radius 1 is 0.656 bits per heavy atom. The lowest BCUT2D eigenvalue weighted by atomic mass is 10.1. The van der Waals surface area contributed by atoms with Crippen LogP contribution in [0.15, 0.2) is 96.2 Å². The minimum atomic E-state index is 0.738. The fourth-order valence-electron chi connectivity index (χ4n) is 4.44. The minimum absolute atomic E-state index is 0.738. The van der Waals surface area contributed by atoms with E-state index in [0.29, 0.717) is 0 Å². The molecule has 0 radical (unpaired) electrons. The van der Waals surface area contributed by atoms with Crippen molar-refractivity contribution in [3.8, 4) is 16.8 Å². The molecule has 0 saturated carbocycles. The third-order valence-corrected chi connectivity index (χ3v) is 5.87. The third-order valence-electron chi connectivity index (χ3n) is 5.87. The first-order valence-electron chi connectivity index (χ1n) is 10.3. The largest absolute Gasteiger partial charge is 0.454 e. The summed E-state index contributed by atoms with van der Waals surface area (Å²) in [4.78, 5) is 17.5. The number of aromatic nitrogens is 5. The van der Waals surface area contributed by atoms with Crippen LogP contribution in [0.4, 0.5) is 0 Å². The number of hydrogen-bond donors (Lipinski definition) is 0. The first-order chi connectivity index (χ1) is 15.9. The molecule has 150 valence electrons. The number of pyridine rings is 2. The van der Waals surface area contributed by atoms with Gasteiger partial charge in [0.05, 0.1) is 16.6 Å². The Morgan fingerprint density at radius 3 is 2.47 bits per heavy atom. The van der Waals surface area contributed by atoms with Crippen LogP contribution >= 0.6 is 0 Å². The summed E-state index contributed by atoms with van der Waals surface area (Å²) in [5.74, 6) is 0. The molecular weight excluding hydrogens is 398 g/mol. The SMILES string of the molecule is c1ccc2c(c1)c1ncccc1n2-c1ccc2oc3cc(-c4cncnc4)cnc3c2c1. The lowest BCUT2D eigenvalue weighted by Crippen LogP contribution is -1.93. The van der Waals surface area contributed by atoms with Crippen LogP contribution in [0.3, 0.4) is 0 Å². The Hall–Kier alpha value is -4.58. The molecule has 2 aromatic carbocycles. The molecule has 5 aromatic heterocycles. The van der Waals surface area contributed by atoms with Gasteiger partial charge in [-0.1, -0.05) is 18.2 Å². The number of furan rings is 1. The maximum atomic E-state index is 6.14. The molecule has 0 fully saturated rings. The second-order valence-electron chi connectivity index (χ2n) is 7.70. The lowest BCUT2D eigenvalue weighted by Gasteiger charge is -2.07. The molecule has 7 rings (SSSR count). The summed E-state index contributed by atoms with van der Waals surface area (Å²) in [7, 11) is 0. The molecule has 0 aliphatic heterocycles. The van der Waals surface area contributed by atoms with E-state index in [1.165, 1.54) is 6.33 Å². The highest BCUT2D eigenvalue weighted by Crippen LogP contribution is 2.35. The number of nitrogens with zero attached hydrogens (tertiary/aromatic N) is 5. The van der Waals surface area contributed by atoms with E-state index in [0.717, 1.165) is 60.8 Å². The van der Waals surface area contributed by atoms with Crippen molar-refractivity contribution in [3.05, 3.63) is 91.8 Å². The minimum Gasteiger partial charge on any atom is -0.454 e. The maximum Gasteiger partial charge on any atom is 0.154 e. The summed E-state index contributed by atoms with van der Waals surface area (Å²) in [6, 6.07) is 20.6. The second kappa shape index (κ2) is 6.46. The average Bonchev–Trinajstić information content (AvgIpc) is 3.39. The Labute approximate surface area is 181 Å². The molecule has 0 unspecified atom stereocenters. The quantitative estimate of drug-likeness (QED) is 0.351. The van der Waals surface area contributed by atoms with Crippen LogP contribution in [0, 0.1) is 0 Å². The van der Waals surface area contributed by atoms with E-state index in [1.54, 1.807) is 12.4 Å². The highest BCUT2D eigenvalue weighted by atomic mass is 16.3. The molecule has 0 atom stereocenters. The van der Waals surface area contributed by atoms with E-state index in [4.69, 9.17) is 9.40 Å². The molecule has 0 bridgehead atoms. The summed E-state index contributed by atoms with van der Waals surface area (Å²) in [5.41, 5.74) is 8.43. The Bertz CT molecular complexity index is 1730. The number of fused-ring (bicyclic) bond motifs is 6. The second-order valence-corrected chi connectivity index (χ2v) is 7.70. The van der Waals surface area contributed by atoms with Crippen molar-refractivity contribution in [3.63, 3.8) is 0 Å². The van der Waals surface area contributed by atoms with Gasteiger partial charge in [0.15, 0.2) is 5.58 Å². The van der Waals surface area contributed by atoms with E-state index in [9.17, 15) is 0 Å². The molecule has 0 N–H and O–H groups in total. The van der Waals surface area contributed by atoms with Crippen LogP contribution in [-0.2, 0) is 0 Å². The molecule has 6 heteroatoms. The average molecular weight is 413 g/mol. The van der Waals surface area contributed by atoms with Crippen molar-refractivity contribution < 1.29 is 4.42 Å². The van der Waals surface area contributed by atoms with Gasteiger partial charge in [0.2, 0.25) is 0 Å². The monoisotopic (exact) mass is 413 g/mol. The highest BCUT2D eigenvalue weighted by molar-refractivity contribution is 6.08. The summed E-state index contributed by atoms with van der Waals surface area (Å²) in [6.07, 6.45) is 8.74. The molecule has 0 amide bonds. The van der Waals surface area contributed by atoms with Crippen LogP contribution < -0.4 is 0 Å². The van der Waals surface area contributed by atoms with Gasteiger partial charge in [0.25, 0.3) is 0 Å². The van der Waals surface area contributed by atoms with Crippen molar-refractivity contribution >= 4 is 44.0 Å². The van der Waals surface area contributed by atoms with E-state index >= 15 is 0 Å². The van der Waals surface area contributed by atoms with E-state index in [2.05, 4.69) is 55.9 Å². The van der Waals surface area contributed by atoms with Gasteiger partial charge in [-0.25, -0.2) is 9.97 Å². The van der Waals surface area contributed by atoms with Crippen LogP contribution in [0.25, 0.3) is 60.8 Å². The normalized spacial score (nSPS) is 11.8. The Kier molecular flexibility index (Phi) is 3.46. The van der Waals surface area contributed by atoms with Crippen LogP contribution in [0.2, 0.25) is 0 Å². The van der Waals surface area contributed by atoms with E-state index in [-0.39, 0.29) is 0 Å². The molecule has 7 aromatic rings. The standard InChI is InChI=1S/C26H15N5O/c1-2-5-21-19(4-1)25-22(6-3-9-29-25)31(21)18-7-8-23-20(11-18)26-24(32-23)10-16(14-30-26)17-12-27-15-28-13-17/h1-15H. The molecule has 0 aliphatic carbocycles. The van der Waals surface area contributed by atoms with E-state index in [1.807, 2.05) is 36.7 Å². The molecule has 0 spiro atoms. The first kappa shape index (κ1) is 17.1. The summed E-state index contributed by atoms with van der Waals surface area (Å²) < 4.78 is 8.38. The van der Waals surface area contributed by atoms with Crippen molar-refractivity contribution in [2.24, 2.45) is 0 Å². The molecule has 6 nitrogen and oxygen atoms in total. The molecule has 32 heavy (non-hydrogen) atoms. The fraction of sp³-hybridized carbons (Fsp3) is 0. The smallest absolute Gasteiger partial charge is 0.154 e. The van der Waals surface area contributed by atoms with Gasteiger partial charge < -0.3 is 8.98 Å². The van der Waals surface area contributed by atoms with Crippen molar-refractivity contribution in [1.82, 2.24) is 24.5 Å². The van der Waals surface area contributed by atoms with Gasteiger partial charge in [-0.05, 0) is 42.5 Å². The van der Waals surface area contributed by atoms with Gasteiger partial charge in [-0.2, -0.15) is 0 Å². The van der Waals surface area contributed by atoms with Crippen molar-refractivity contribution in [2.45, 2.75) is 0 Å². The number of para-hydroxylation sites is 1. The lowest BCUT2D eigenvalue weighted by molar-refractivity contribution is 0.668. The summed E-state index contributed by atoms with van der Waals surface area (Å²) in [6.45, 7) is 0. The molecule has 0 saturated heterocycles.